The number of hydrogen-bond acceptors (Lipinski definition) is 2. The van der Waals surface area contributed by atoms with Crippen molar-refractivity contribution in [1.29, 1.82) is 0 Å². The Hall–Kier alpha value is -1.10. The summed E-state index contributed by atoms with van der Waals surface area (Å²) in [6.45, 7) is 0. The van der Waals surface area contributed by atoms with Crippen LogP contribution in [0.15, 0.2) is 40.9 Å². The molecule has 0 heterocycles. The van der Waals surface area contributed by atoms with Gasteiger partial charge in [-0.15, -0.1) is 0 Å². The Morgan fingerprint density at radius 3 is 2.76 bits per heavy atom. The van der Waals surface area contributed by atoms with Crippen LogP contribution in [0.5, 0.6) is 5.75 Å². The minimum atomic E-state index is -0.252. The van der Waals surface area contributed by atoms with Crippen molar-refractivity contribution in [3.63, 3.8) is 0 Å². The van der Waals surface area contributed by atoms with Crippen LogP contribution in [0.3, 0.4) is 0 Å². The first kappa shape index (κ1) is 16.3. The third-order valence-corrected chi connectivity index (χ3v) is 4.22. The van der Waals surface area contributed by atoms with Crippen LogP contribution < -0.4 is 10.1 Å². The average Bonchev–Trinajstić information content (AvgIpc) is 2.48. The predicted octanol–water partition coefficient (Wildman–Crippen LogP) is 4.75. The van der Waals surface area contributed by atoms with E-state index in [2.05, 4.69) is 21.2 Å². The highest BCUT2D eigenvalue weighted by Crippen LogP contribution is 2.30. The molecule has 0 bridgehead atoms. The number of benzene rings is 2. The van der Waals surface area contributed by atoms with Crippen molar-refractivity contribution in [2.75, 3.05) is 14.2 Å². The molecule has 21 heavy (non-hydrogen) atoms. The SMILES string of the molecule is CNC(Cc1cc(Cl)ccc1OC)c1cccc(Br)c1F. The summed E-state index contributed by atoms with van der Waals surface area (Å²) >= 11 is 9.27. The van der Waals surface area contributed by atoms with Crippen LogP contribution in [-0.4, -0.2) is 14.2 Å². The van der Waals surface area contributed by atoms with Gasteiger partial charge in [-0.1, -0.05) is 23.7 Å². The molecule has 0 aliphatic rings. The first-order valence-electron chi connectivity index (χ1n) is 6.50. The van der Waals surface area contributed by atoms with Gasteiger partial charge < -0.3 is 10.1 Å². The van der Waals surface area contributed by atoms with Crippen LogP contribution in [0.4, 0.5) is 4.39 Å². The molecule has 2 rings (SSSR count). The van der Waals surface area contributed by atoms with Crippen molar-refractivity contribution < 1.29 is 9.13 Å². The summed E-state index contributed by atoms with van der Waals surface area (Å²) in [6.07, 6.45) is 0.577. The fourth-order valence-electron chi connectivity index (χ4n) is 2.28. The molecule has 2 aromatic rings. The van der Waals surface area contributed by atoms with Crippen LogP contribution in [0.2, 0.25) is 5.02 Å². The van der Waals surface area contributed by atoms with Crippen molar-refractivity contribution in [3.8, 4) is 5.75 Å². The molecule has 0 radical (unpaired) electrons. The van der Waals surface area contributed by atoms with E-state index in [-0.39, 0.29) is 11.9 Å². The maximum atomic E-state index is 14.3. The van der Waals surface area contributed by atoms with Gasteiger partial charge in [-0.3, -0.25) is 0 Å². The molecular formula is C16H16BrClFNO. The zero-order valence-electron chi connectivity index (χ0n) is 11.8. The summed E-state index contributed by atoms with van der Waals surface area (Å²) in [5, 5.41) is 3.78. The normalized spacial score (nSPS) is 12.2. The largest absolute Gasteiger partial charge is 0.496 e. The second kappa shape index (κ2) is 7.25. The lowest BCUT2D eigenvalue weighted by molar-refractivity contribution is 0.406. The van der Waals surface area contributed by atoms with Gasteiger partial charge in [0.1, 0.15) is 11.6 Å². The summed E-state index contributed by atoms with van der Waals surface area (Å²) in [7, 11) is 3.42. The van der Waals surface area contributed by atoms with Crippen LogP contribution in [0.1, 0.15) is 17.2 Å². The van der Waals surface area contributed by atoms with Gasteiger partial charge >= 0.3 is 0 Å². The topological polar surface area (TPSA) is 21.3 Å². The molecule has 1 unspecified atom stereocenters. The van der Waals surface area contributed by atoms with Gasteiger partial charge in [0.05, 0.1) is 11.6 Å². The van der Waals surface area contributed by atoms with Gasteiger partial charge in [0, 0.05) is 16.6 Å². The average molecular weight is 373 g/mol. The van der Waals surface area contributed by atoms with Crippen molar-refractivity contribution in [1.82, 2.24) is 5.32 Å². The highest BCUT2D eigenvalue weighted by molar-refractivity contribution is 9.10. The fraction of sp³-hybridized carbons (Fsp3) is 0.250. The van der Waals surface area contributed by atoms with E-state index in [0.29, 0.717) is 21.5 Å². The van der Waals surface area contributed by atoms with E-state index in [1.54, 1.807) is 25.3 Å². The number of likely N-dealkylation sites (N-methyl/N-ethyl adjacent to an activating group) is 1. The lowest BCUT2D eigenvalue weighted by Crippen LogP contribution is -2.20. The molecule has 0 aliphatic heterocycles. The van der Waals surface area contributed by atoms with Gasteiger partial charge in [-0.2, -0.15) is 0 Å². The lowest BCUT2D eigenvalue weighted by atomic mass is 9.98. The molecule has 5 heteroatoms. The van der Waals surface area contributed by atoms with E-state index >= 15 is 0 Å². The van der Waals surface area contributed by atoms with Crippen LogP contribution in [-0.2, 0) is 6.42 Å². The molecule has 0 aromatic heterocycles. The summed E-state index contributed by atoms with van der Waals surface area (Å²) in [4.78, 5) is 0. The lowest BCUT2D eigenvalue weighted by Gasteiger charge is -2.19. The van der Waals surface area contributed by atoms with E-state index in [4.69, 9.17) is 16.3 Å². The Labute approximate surface area is 137 Å². The summed E-state index contributed by atoms with van der Waals surface area (Å²) < 4.78 is 20.1. The first-order valence-corrected chi connectivity index (χ1v) is 7.67. The molecule has 0 aliphatic carbocycles. The van der Waals surface area contributed by atoms with Gasteiger partial charge in [0.15, 0.2) is 0 Å². The Balaban J connectivity index is 2.35. The molecule has 0 saturated heterocycles. The number of halogens is 3. The number of ether oxygens (including phenoxy) is 1. The summed E-state index contributed by atoms with van der Waals surface area (Å²) in [5.41, 5.74) is 1.54. The van der Waals surface area contributed by atoms with Crippen LogP contribution in [0, 0.1) is 5.82 Å². The highest BCUT2D eigenvalue weighted by atomic mass is 79.9. The fourth-order valence-corrected chi connectivity index (χ4v) is 2.86. The van der Waals surface area contributed by atoms with E-state index < -0.39 is 0 Å². The maximum absolute atomic E-state index is 14.3. The molecule has 0 spiro atoms. The van der Waals surface area contributed by atoms with E-state index in [1.165, 1.54) is 0 Å². The molecule has 2 nitrogen and oxygen atoms in total. The number of methoxy groups -OCH3 is 1. The molecule has 112 valence electrons. The quantitative estimate of drug-likeness (QED) is 0.817. The zero-order chi connectivity index (χ0) is 15.4. The molecule has 2 aromatic carbocycles. The van der Waals surface area contributed by atoms with E-state index in [0.717, 1.165) is 11.3 Å². The number of rotatable bonds is 5. The second-order valence-corrected chi connectivity index (χ2v) is 5.94. The van der Waals surface area contributed by atoms with Crippen LogP contribution in [0.25, 0.3) is 0 Å². The third kappa shape index (κ3) is 3.76. The monoisotopic (exact) mass is 371 g/mol. The standard InChI is InChI=1S/C16H16BrClFNO/c1-20-14(12-4-3-5-13(17)16(12)19)9-10-8-11(18)6-7-15(10)21-2/h3-8,14,20H,9H2,1-2H3. The van der Waals surface area contributed by atoms with Crippen molar-refractivity contribution in [2.45, 2.75) is 12.5 Å². The van der Waals surface area contributed by atoms with E-state index in [9.17, 15) is 4.39 Å². The molecule has 0 amide bonds. The Morgan fingerprint density at radius 2 is 2.10 bits per heavy atom. The Morgan fingerprint density at radius 1 is 1.33 bits per heavy atom. The minimum Gasteiger partial charge on any atom is -0.496 e. The van der Waals surface area contributed by atoms with Crippen LogP contribution >= 0.6 is 27.5 Å². The Bertz CT molecular complexity index is 636. The van der Waals surface area contributed by atoms with Gasteiger partial charge in [0.25, 0.3) is 0 Å². The van der Waals surface area contributed by atoms with Gasteiger partial charge in [-0.25, -0.2) is 4.39 Å². The summed E-state index contributed by atoms with van der Waals surface area (Å²) in [5.74, 6) is 0.493. The van der Waals surface area contributed by atoms with Crippen molar-refractivity contribution in [2.24, 2.45) is 0 Å². The van der Waals surface area contributed by atoms with Crippen molar-refractivity contribution >= 4 is 27.5 Å². The predicted molar refractivity (Wildman–Crippen MR) is 87.6 cm³/mol. The number of hydrogen-bond donors (Lipinski definition) is 1. The minimum absolute atomic E-state index is 0.171. The highest BCUT2D eigenvalue weighted by Gasteiger charge is 2.18. The van der Waals surface area contributed by atoms with Crippen molar-refractivity contribution in [3.05, 3.63) is 62.8 Å². The second-order valence-electron chi connectivity index (χ2n) is 4.64. The molecular weight excluding hydrogens is 357 g/mol. The molecule has 1 N–H and O–H groups in total. The number of nitrogens with one attached hydrogen (secondary N) is 1. The van der Waals surface area contributed by atoms with Gasteiger partial charge in [0.2, 0.25) is 0 Å². The third-order valence-electron chi connectivity index (χ3n) is 3.37. The van der Waals surface area contributed by atoms with E-state index in [1.807, 2.05) is 25.2 Å². The smallest absolute Gasteiger partial charge is 0.142 e. The first-order chi connectivity index (χ1) is 10.1. The summed E-state index contributed by atoms with van der Waals surface area (Å²) in [6, 6.07) is 10.6. The molecule has 1 atom stereocenters. The molecule has 0 fully saturated rings. The zero-order valence-corrected chi connectivity index (χ0v) is 14.1. The maximum Gasteiger partial charge on any atom is 0.142 e. The Kier molecular flexibility index (Phi) is 5.62. The van der Waals surface area contributed by atoms with Gasteiger partial charge in [-0.05, 0) is 59.2 Å². The molecule has 0 saturated carbocycles.